The van der Waals surface area contributed by atoms with E-state index in [1.807, 2.05) is 0 Å². The number of hydrogen-bond acceptors (Lipinski definition) is 3. The lowest BCUT2D eigenvalue weighted by atomic mass is 10.2. The zero-order valence-corrected chi connectivity index (χ0v) is 12.5. The van der Waals surface area contributed by atoms with Crippen molar-refractivity contribution in [3.05, 3.63) is 23.4 Å². The number of hydrogen-bond donors (Lipinski definition) is 1. The van der Waals surface area contributed by atoms with Gasteiger partial charge in [-0.3, -0.25) is 0 Å². The van der Waals surface area contributed by atoms with Gasteiger partial charge >= 0.3 is 0 Å². The highest BCUT2D eigenvalue weighted by molar-refractivity contribution is 5.41. The summed E-state index contributed by atoms with van der Waals surface area (Å²) in [5, 5.41) is 3.44. The number of rotatable bonds is 7. The van der Waals surface area contributed by atoms with Crippen molar-refractivity contribution < 1.29 is 0 Å². The third kappa shape index (κ3) is 5.05. The topological polar surface area (TPSA) is 28.2 Å². The molecule has 0 saturated heterocycles. The molecule has 1 rings (SSSR count). The van der Waals surface area contributed by atoms with Gasteiger partial charge in [0, 0.05) is 25.8 Å². The van der Waals surface area contributed by atoms with Crippen molar-refractivity contribution in [2.75, 3.05) is 25.0 Å². The lowest BCUT2D eigenvalue weighted by Crippen LogP contribution is -2.24. The molecular formula is C15H27N3. The van der Waals surface area contributed by atoms with Crippen LogP contribution in [0.5, 0.6) is 0 Å². The maximum atomic E-state index is 4.61. The van der Waals surface area contributed by atoms with E-state index in [0.717, 1.165) is 31.1 Å². The molecule has 0 bridgehead atoms. The minimum atomic E-state index is 0.652. The maximum absolute atomic E-state index is 4.61. The molecule has 18 heavy (non-hydrogen) atoms. The van der Waals surface area contributed by atoms with Crippen LogP contribution in [0, 0.1) is 12.8 Å². The Morgan fingerprint density at radius 3 is 2.67 bits per heavy atom. The standard InChI is InChI=1S/C15H27N3/c1-6-7-16-10-14-8-13(4)17-15(9-14)18(5)11-12(2)3/h8-9,12,16H,6-7,10-11H2,1-5H3. The molecule has 0 unspecified atom stereocenters. The Labute approximate surface area is 112 Å². The van der Waals surface area contributed by atoms with Gasteiger partial charge in [0.1, 0.15) is 5.82 Å². The average molecular weight is 249 g/mol. The molecule has 3 nitrogen and oxygen atoms in total. The molecule has 3 heteroatoms. The third-order valence-electron chi connectivity index (χ3n) is 2.79. The van der Waals surface area contributed by atoms with Crippen LogP contribution < -0.4 is 10.2 Å². The van der Waals surface area contributed by atoms with Gasteiger partial charge in [0.05, 0.1) is 0 Å². The zero-order valence-electron chi connectivity index (χ0n) is 12.5. The maximum Gasteiger partial charge on any atom is 0.128 e. The Bertz CT molecular complexity index is 361. The van der Waals surface area contributed by atoms with Crippen LogP contribution in [0.1, 0.15) is 38.4 Å². The third-order valence-corrected chi connectivity index (χ3v) is 2.79. The number of anilines is 1. The van der Waals surface area contributed by atoms with Crippen molar-refractivity contribution in [2.24, 2.45) is 5.92 Å². The molecule has 0 aliphatic heterocycles. The van der Waals surface area contributed by atoms with E-state index in [0.29, 0.717) is 5.92 Å². The van der Waals surface area contributed by atoms with E-state index in [1.165, 1.54) is 12.0 Å². The van der Waals surface area contributed by atoms with Gasteiger partial charge in [-0.05, 0) is 43.5 Å². The average Bonchev–Trinajstić information content (AvgIpc) is 2.27. The fourth-order valence-electron chi connectivity index (χ4n) is 2.07. The van der Waals surface area contributed by atoms with Crippen molar-refractivity contribution in [3.63, 3.8) is 0 Å². The van der Waals surface area contributed by atoms with E-state index < -0.39 is 0 Å². The van der Waals surface area contributed by atoms with Crippen molar-refractivity contribution >= 4 is 5.82 Å². The van der Waals surface area contributed by atoms with Crippen LogP contribution in [0.3, 0.4) is 0 Å². The molecule has 0 spiro atoms. The van der Waals surface area contributed by atoms with Crippen LogP contribution in [-0.4, -0.2) is 25.1 Å². The van der Waals surface area contributed by atoms with Crippen molar-refractivity contribution in [3.8, 4) is 0 Å². The Kier molecular flexibility index (Phi) is 6.13. The highest BCUT2D eigenvalue weighted by Crippen LogP contribution is 2.15. The lowest BCUT2D eigenvalue weighted by molar-refractivity contribution is 0.633. The summed E-state index contributed by atoms with van der Waals surface area (Å²) < 4.78 is 0. The fourth-order valence-corrected chi connectivity index (χ4v) is 2.07. The van der Waals surface area contributed by atoms with Crippen LogP contribution in [0.15, 0.2) is 12.1 Å². The second-order valence-corrected chi connectivity index (χ2v) is 5.43. The minimum absolute atomic E-state index is 0.652. The lowest BCUT2D eigenvalue weighted by Gasteiger charge is -2.21. The Hall–Kier alpha value is -1.09. The summed E-state index contributed by atoms with van der Waals surface area (Å²) in [5.74, 6) is 1.73. The number of nitrogens with zero attached hydrogens (tertiary/aromatic N) is 2. The predicted octanol–water partition coefficient (Wildman–Crippen LogP) is 2.98. The van der Waals surface area contributed by atoms with Gasteiger partial charge in [-0.2, -0.15) is 0 Å². The van der Waals surface area contributed by atoms with Gasteiger partial charge in [-0.1, -0.05) is 20.8 Å². The van der Waals surface area contributed by atoms with E-state index in [9.17, 15) is 0 Å². The summed E-state index contributed by atoms with van der Waals surface area (Å²) in [6.07, 6.45) is 1.17. The molecule has 0 atom stereocenters. The van der Waals surface area contributed by atoms with Crippen molar-refractivity contribution in [2.45, 2.75) is 40.7 Å². The van der Waals surface area contributed by atoms with E-state index in [4.69, 9.17) is 0 Å². The van der Waals surface area contributed by atoms with Crippen molar-refractivity contribution in [1.29, 1.82) is 0 Å². The van der Waals surface area contributed by atoms with Gasteiger partial charge in [0.15, 0.2) is 0 Å². The van der Waals surface area contributed by atoms with Gasteiger partial charge in [-0.25, -0.2) is 4.98 Å². The molecule has 0 aliphatic carbocycles. The summed E-state index contributed by atoms with van der Waals surface area (Å²) in [5.41, 5.74) is 2.41. The smallest absolute Gasteiger partial charge is 0.128 e. The number of aryl methyl sites for hydroxylation is 1. The van der Waals surface area contributed by atoms with Gasteiger partial charge < -0.3 is 10.2 Å². The SMILES string of the molecule is CCCNCc1cc(C)nc(N(C)CC(C)C)c1. The Morgan fingerprint density at radius 2 is 2.06 bits per heavy atom. The highest BCUT2D eigenvalue weighted by Gasteiger charge is 2.07. The monoisotopic (exact) mass is 249 g/mol. The molecule has 0 aliphatic rings. The summed E-state index contributed by atoms with van der Waals surface area (Å²) in [4.78, 5) is 6.85. The fraction of sp³-hybridized carbons (Fsp3) is 0.667. The number of nitrogens with one attached hydrogen (secondary N) is 1. The first-order valence-corrected chi connectivity index (χ1v) is 6.92. The second kappa shape index (κ2) is 7.37. The first-order valence-electron chi connectivity index (χ1n) is 6.92. The molecule has 0 aromatic carbocycles. The number of aromatic nitrogens is 1. The van der Waals surface area contributed by atoms with Crippen LogP contribution >= 0.6 is 0 Å². The van der Waals surface area contributed by atoms with E-state index in [2.05, 4.69) is 62.1 Å². The molecule has 1 N–H and O–H groups in total. The molecular weight excluding hydrogens is 222 g/mol. The van der Waals surface area contributed by atoms with Crippen LogP contribution in [-0.2, 0) is 6.54 Å². The molecule has 0 amide bonds. The van der Waals surface area contributed by atoms with Gasteiger partial charge in [0.2, 0.25) is 0 Å². The Balaban J connectivity index is 2.73. The molecule has 1 heterocycles. The second-order valence-electron chi connectivity index (χ2n) is 5.43. The molecule has 0 fully saturated rings. The zero-order chi connectivity index (χ0) is 13.5. The molecule has 0 saturated carbocycles. The first kappa shape index (κ1) is 15.0. The largest absolute Gasteiger partial charge is 0.359 e. The van der Waals surface area contributed by atoms with Gasteiger partial charge in [0.25, 0.3) is 0 Å². The quantitative estimate of drug-likeness (QED) is 0.753. The molecule has 102 valence electrons. The summed E-state index contributed by atoms with van der Waals surface area (Å²) >= 11 is 0. The first-order chi connectivity index (χ1) is 8.52. The minimum Gasteiger partial charge on any atom is -0.359 e. The van der Waals surface area contributed by atoms with E-state index in [1.54, 1.807) is 0 Å². The molecule has 1 aromatic heterocycles. The van der Waals surface area contributed by atoms with Crippen LogP contribution in [0.25, 0.3) is 0 Å². The molecule has 1 aromatic rings. The Morgan fingerprint density at radius 1 is 1.33 bits per heavy atom. The number of pyridine rings is 1. The van der Waals surface area contributed by atoms with E-state index in [-0.39, 0.29) is 0 Å². The summed E-state index contributed by atoms with van der Waals surface area (Å²) in [6.45, 7) is 11.8. The summed E-state index contributed by atoms with van der Waals surface area (Å²) in [6, 6.07) is 4.35. The van der Waals surface area contributed by atoms with Crippen LogP contribution in [0.4, 0.5) is 5.82 Å². The highest BCUT2D eigenvalue weighted by atomic mass is 15.2. The predicted molar refractivity (Wildman–Crippen MR) is 79.1 cm³/mol. The van der Waals surface area contributed by atoms with Crippen molar-refractivity contribution in [1.82, 2.24) is 10.3 Å². The van der Waals surface area contributed by atoms with Crippen LogP contribution in [0.2, 0.25) is 0 Å². The molecule has 0 radical (unpaired) electrons. The summed E-state index contributed by atoms with van der Waals surface area (Å²) in [7, 11) is 2.12. The van der Waals surface area contributed by atoms with E-state index >= 15 is 0 Å². The van der Waals surface area contributed by atoms with Gasteiger partial charge in [-0.15, -0.1) is 0 Å². The normalized spacial score (nSPS) is 11.0.